The van der Waals surface area contributed by atoms with Crippen molar-refractivity contribution in [1.29, 1.82) is 0 Å². The van der Waals surface area contributed by atoms with Crippen molar-refractivity contribution in [3.63, 3.8) is 0 Å². The van der Waals surface area contributed by atoms with E-state index < -0.39 is 0 Å². The van der Waals surface area contributed by atoms with Crippen molar-refractivity contribution in [1.82, 2.24) is 9.80 Å². The van der Waals surface area contributed by atoms with Crippen LogP contribution in [0.4, 0.5) is 0 Å². The van der Waals surface area contributed by atoms with Gasteiger partial charge in [-0.1, -0.05) is 36.4 Å². The Bertz CT molecular complexity index is 782. The molecule has 0 aliphatic carbocycles. The molecule has 6 heteroatoms. The molecule has 1 aliphatic heterocycles. The Morgan fingerprint density at radius 1 is 1.00 bits per heavy atom. The molecule has 162 valence electrons. The van der Waals surface area contributed by atoms with E-state index in [1.54, 1.807) is 14.2 Å². The zero-order valence-electron chi connectivity index (χ0n) is 18.2. The maximum atomic E-state index is 12.8. The van der Waals surface area contributed by atoms with E-state index in [2.05, 4.69) is 17.0 Å². The largest absolute Gasteiger partial charge is 0.493 e. The van der Waals surface area contributed by atoms with Gasteiger partial charge in [-0.05, 0) is 37.5 Å². The molecule has 2 aromatic rings. The highest BCUT2D eigenvalue weighted by atomic mass is 16.5. The van der Waals surface area contributed by atoms with Gasteiger partial charge in [-0.25, -0.2) is 0 Å². The fourth-order valence-electron chi connectivity index (χ4n) is 3.76. The molecule has 3 rings (SSSR count). The van der Waals surface area contributed by atoms with Crippen molar-refractivity contribution in [2.45, 2.75) is 32.4 Å². The van der Waals surface area contributed by atoms with Crippen molar-refractivity contribution in [2.75, 3.05) is 40.4 Å². The molecule has 0 spiro atoms. The van der Waals surface area contributed by atoms with E-state index >= 15 is 0 Å². The fraction of sp³-hybridized carbons (Fsp3) is 0.458. The maximum absolute atomic E-state index is 12.8. The summed E-state index contributed by atoms with van der Waals surface area (Å²) in [6.07, 6.45) is 1.80. The highest BCUT2D eigenvalue weighted by molar-refractivity contribution is 5.78. The Balaban J connectivity index is 1.51. The number of likely N-dealkylation sites (N-methyl/N-ethyl adjacent to an activating group) is 1. The minimum Gasteiger partial charge on any atom is -0.493 e. The normalized spacial score (nSPS) is 14.9. The van der Waals surface area contributed by atoms with Crippen LogP contribution in [0.1, 0.15) is 25.3 Å². The molecular formula is C24H32N2O4. The Morgan fingerprint density at radius 3 is 2.20 bits per heavy atom. The van der Waals surface area contributed by atoms with Gasteiger partial charge in [0.2, 0.25) is 11.7 Å². The first-order valence-corrected chi connectivity index (χ1v) is 10.6. The van der Waals surface area contributed by atoms with Crippen LogP contribution in [0, 0.1) is 0 Å². The van der Waals surface area contributed by atoms with E-state index in [1.165, 1.54) is 0 Å². The minimum atomic E-state index is 0.0770. The van der Waals surface area contributed by atoms with Gasteiger partial charge in [0.05, 0.1) is 20.8 Å². The van der Waals surface area contributed by atoms with Crippen molar-refractivity contribution in [2.24, 2.45) is 0 Å². The van der Waals surface area contributed by atoms with Crippen molar-refractivity contribution in [3.8, 4) is 17.2 Å². The summed E-state index contributed by atoms with van der Waals surface area (Å²) in [4.78, 5) is 16.9. The summed E-state index contributed by atoms with van der Waals surface area (Å²) in [5.41, 5.74) is 1.16. The number of methoxy groups -OCH3 is 2. The van der Waals surface area contributed by atoms with Gasteiger partial charge >= 0.3 is 0 Å². The highest BCUT2D eigenvalue weighted by Gasteiger charge is 2.25. The Labute approximate surface area is 179 Å². The van der Waals surface area contributed by atoms with E-state index in [0.29, 0.717) is 36.9 Å². The molecular weight excluding hydrogens is 380 g/mol. The quantitative estimate of drug-likeness (QED) is 0.630. The molecule has 1 aliphatic rings. The summed E-state index contributed by atoms with van der Waals surface area (Å²) in [5, 5.41) is 0. The average Bonchev–Trinajstić information content (AvgIpc) is 2.79. The second-order valence-electron chi connectivity index (χ2n) is 7.48. The van der Waals surface area contributed by atoms with Crippen LogP contribution in [0.15, 0.2) is 48.5 Å². The Kier molecular flexibility index (Phi) is 7.97. The number of ether oxygens (including phenoxy) is 3. The number of nitrogens with zero attached hydrogens (tertiary/aromatic N) is 2. The number of rotatable bonds is 9. The molecule has 6 nitrogen and oxygen atoms in total. The Morgan fingerprint density at radius 2 is 1.63 bits per heavy atom. The van der Waals surface area contributed by atoms with Crippen LogP contribution in [0.25, 0.3) is 0 Å². The zero-order chi connectivity index (χ0) is 21.3. The third-order valence-corrected chi connectivity index (χ3v) is 5.51. The van der Waals surface area contributed by atoms with Gasteiger partial charge in [0.15, 0.2) is 11.5 Å². The molecule has 0 unspecified atom stereocenters. The molecule has 1 amide bonds. The number of carbonyl (C=O) groups is 1. The highest BCUT2D eigenvalue weighted by Crippen LogP contribution is 2.38. The second kappa shape index (κ2) is 10.9. The first-order valence-electron chi connectivity index (χ1n) is 10.6. The summed E-state index contributed by atoms with van der Waals surface area (Å²) in [5.74, 6) is 2.17. The molecule has 0 bridgehead atoms. The third-order valence-electron chi connectivity index (χ3n) is 5.51. The predicted octanol–water partition coefficient (Wildman–Crippen LogP) is 3.60. The minimum absolute atomic E-state index is 0.0770. The Hall–Kier alpha value is -2.73. The number of piperidine rings is 1. The predicted molar refractivity (Wildman–Crippen MR) is 117 cm³/mol. The van der Waals surface area contributed by atoms with E-state index in [0.717, 1.165) is 31.5 Å². The monoisotopic (exact) mass is 412 g/mol. The van der Waals surface area contributed by atoms with Crippen molar-refractivity contribution < 1.29 is 19.0 Å². The van der Waals surface area contributed by atoms with Gasteiger partial charge < -0.3 is 19.1 Å². The van der Waals surface area contributed by atoms with Crippen molar-refractivity contribution >= 4 is 5.91 Å². The van der Waals surface area contributed by atoms with E-state index in [4.69, 9.17) is 14.2 Å². The van der Waals surface area contributed by atoms with E-state index in [-0.39, 0.29) is 12.0 Å². The first-order chi connectivity index (χ1) is 14.6. The SMILES string of the molecule is CCN(Cc1ccccc1)C(=O)CN1CCC(Oc2c(OC)cccc2OC)CC1. The third kappa shape index (κ3) is 5.66. The fourth-order valence-corrected chi connectivity index (χ4v) is 3.76. The van der Waals surface area contributed by atoms with Crippen molar-refractivity contribution in [3.05, 3.63) is 54.1 Å². The van der Waals surface area contributed by atoms with Crippen LogP contribution in [-0.2, 0) is 11.3 Å². The number of likely N-dealkylation sites (tertiary alicyclic amines) is 1. The second-order valence-corrected chi connectivity index (χ2v) is 7.48. The number of para-hydroxylation sites is 1. The number of carbonyl (C=O) groups excluding carboxylic acids is 1. The number of amides is 1. The molecule has 2 aromatic carbocycles. The van der Waals surface area contributed by atoms with Crippen LogP contribution in [0.2, 0.25) is 0 Å². The molecule has 1 fully saturated rings. The topological polar surface area (TPSA) is 51.2 Å². The van der Waals surface area contributed by atoms with Gasteiger partial charge in [0.25, 0.3) is 0 Å². The standard InChI is InChI=1S/C24H32N2O4/c1-4-26(17-19-9-6-5-7-10-19)23(27)18-25-15-13-20(14-16-25)30-24-21(28-2)11-8-12-22(24)29-3/h5-12,20H,4,13-18H2,1-3H3. The van der Waals surface area contributed by atoms with Gasteiger partial charge in [-0.3, -0.25) is 9.69 Å². The van der Waals surface area contributed by atoms with Crippen LogP contribution in [0.3, 0.4) is 0 Å². The summed E-state index contributed by atoms with van der Waals surface area (Å²) < 4.78 is 17.1. The average molecular weight is 413 g/mol. The van der Waals surface area contributed by atoms with E-state index in [9.17, 15) is 4.79 Å². The van der Waals surface area contributed by atoms with Gasteiger partial charge in [-0.15, -0.1) is 0 Å². The molecule has 0 aromatic heterocycles. The van der Waals surface area contributed by atoms with Crippen LogP contribution < -0.4 is 14.2 Å². The lowest BCUT2D eigenvalue weighted by Crippen LogP contribution is -2.45. The molecule has 1 saturated heterocycles. The maximum Gasteiger partial charge on any atom is 0.237 e. The van der Waals surface area contributed by atoms with Gasteiger partial charge in [0, 0.05) is 26.2 Å². The van der Waals surface area contributed by atoms with Crippen LogP contribution >= 0.6 is 0 Å². The lowest BCUT2D eigenvalue weighted by Gasteiger charge is -2.33. The van der Waals surface area contributed by atoms with Gasteiger partial charge in [-0.2, -0.15) is 0 Å². The number of benzene rings is 2. The molecule has 0 saturated carbocycles. The lowest BCUT2D eigenvalue weighted by atomic mass is 10.1. The van der Waals surface area contributed by atoms with E-state index in [1.807, 2.05) is 48.2 Å². The summed E-state index contributed by atoms with van der Waals surface area (Å²) in [6.45, 7) is 5.50. The van der Waals surface area contributed by atoms with Crippen LogP contribution in [0.5, 0.6) is 17.2 Å². The smallest absolute Gasteiger partial charge is 0.237 e. The number of hydrogen-bond donors (Lipinski definition) is 0. The number of hydrogen-bond acceptors (Lipinski definition) is 5. The zero-order valence-corrected chi connectivity index (χ0v) is 18.2. The molecule has 1 heterocycles. The summed E-state index contributed by atoms with van der Waals surface area (Å²) in [7, 11) is 3.26. The van der Waals surface area contributed by atoms with Crippen LogP contribution in [-0.4, -0.2) is 62.2 Å². The molecule has 0 atom stereocenters. The molecule has 0 radical (unpaired) electrons. The molecule has 0 N–H and O–H groups in total. The summed E-state index contributed by atoms with van der Waals surface area (Å²) in [6, 6.07) is 15.8. The first kappa shape index (κ1) is 22.0. The molecule has 30 heavy (non-hydrogen) atoms. The lowest BCUT2D eigenvalue weighted by molar-refractivity contribution is -0.133. The summed E-state index contributed by atoms with van der Waals surface area (Å²) >= 11 is 0. The van der Waals surface area contributed by atoms with Gasteiger partial charge in [0.1, 0.15) is 6.10 Å².